The molecule has 2 bridgehead atoms. The van der Waals surface area contributed by atoms with Crippen molar-refractivity contribution >= 4 is 10.1 Å². The van der Waals surface area contributed by atoms with Gasteiger partial charge >= 0.3 is 0 Å². The van der Waals surface area contributed by atoms with Crippen LogP contribution in [0.3, 0.4) is 0 Å². The first-order chi connectivity index (χ1) is 10.6. The molecular formula is C18H34O4S. The Hall–Kier alpha value is -0.130. The van der Waals surface area contributed by atoms with Crippen molar-refractivity contribution < 1.29 is 17.7 Å². The van der Waals surface area contributed by atoms with Crippen molar-refractivity contribution in [2.75, 3.05) is 5.75 Å². The highest BCUT2D eigenvalue weighted by Crippen LogP contribution is 2.63. The van der Waals surface area contributed by atoms with Gasteiger partial charge in [0.1, 0.15) is 6.10 Å². The van der Waals surface area contributed by atoms with Gasteiger partial charge in [-0.3, -0.25) is 4.18 Å². The summed E-state index contributed by atoms with van der Waals surface area (Å²) in [6.45, 7) is 8.25. The molecule has 3 fully saturated rings. The van der Waals surface area contributed by atoms with E-state index < -0.39 is 21.8 Å². The van der Waals surface area contributed by atoms with Crippen molar-refractivity contribution in [3.63, 3.8) is 0 Å². The van der Waals surface area contributed by atoms with Crippen molar-refractivity contribution in [2.24, 2.45) is 17.3 Å². The minimum Gasteiger partial charge on any atom is -0.387 e. The van der Waals surface area contributed by atoms with Crippen LogP contribution in [0.25, 0.3) is 0 Å². The summed E-state index contributed by atoms with van der Waals surface area (Å²) in [6.07, 6.45) is 7.30. The first-order valence-electron chi connectivity index (χ1n) is 9.24. The van der Waals surface area contributed by atoms with Crippen LogP contribution in [0.4, 0.5) is 0 Å². The fraction of sp³-hybridized carbons (Fsp3) is 1.00. The van der Waals surface area contributed by atoms with E-state index in [0.29, 0.717) is 18.8 Å². The number of hydrogen-bond donors (Lipinski definition) is 1. The second kappa shape index (κ2) is 7.01. The second-order valence-electron chi connectivity index (χ2n) is 8.38. The van der Waals surface area contributed by atoms with Crippen LogP contribution in [0, 0.1) is 17.3 Å². The summed E-state index contributed by atoms with van der Waals surface area (Å²) < 4.78 is 29.9. The molecule has 3 rings (SSSR count). The summed E-state index contributed by atoms with van der Waals surface area (Å²) in [7, 11) is -3.55. The molecule has 4 nitrogen and oxygen atoms in total. The maximum Gasteiger partial charge on any atom is 0.267 e. The summed E-state index contributed by atoms with van der Waals surface area (Å²) in [5.74, 6) is 0.662. The van der Waals surface area contributed by atoms with E-state index in [9.17, 15) is 13.5 Å². The average molecular weight is 347 g/mol. The lowest BCUT2D eigenvalue weighted by atomic mass is 9.43. The number of aliphatic hydroxyl groups is 1. The highest BCUT2D eigenvalue weighted by molar-refractivity contribution is 7.86. The van der Waals surface area contributed by atoms with Gasteiger partial charge in [0.2, 0.25) is 0 Å². The molecule has 0 aromatic carbocycles. The number of unbranched alkanes of at least 4 members (excludes halogenated alkanes) is 5. The minimum atomic E-state index is -3.55. The van der Waals surface area contributed by atoms with Crippen LogP contribution in [-0.4, -0.2) is 31.0 Å². The Bertz CT molecular complexity index is 495. The highest BCUT2D eigenvalue weighted by Gasteiger charge is 2.63. The van der Waals surface area contributed by atoms with Crippen LogP contribution in [0.15, 0.2) is 0 Å². The van der Waals surface area contributed by atoms with Gasteiger partial charge in [-0.25, -0.2) is 0 Å². The zero-order chi connectivity index (χ0) is 17.3. The van der Waals surface area contributed by atoms with E-state index in [-0.39, 0.29) is 17.1 Å². The Balaban J connectivity index is 1.82. The average Bonchev–Trinajstić information content (AvgIpc) is 2.43. The fourth-order valence-electron chi connectivity index (χ4n) is 4.55. The third-order valence-corrected chi connectivity index (χ3v) is 7.65. The third-order valence-electron chi connectivity index (χ3n) is 6.34. The first kappa shape index (κ1) is 19.2. The van der Waals surface area contributed by atoms with Crippen molar-refractivity contribution in [1.82, 2.24) is 0 Å². The van der Waals surface area contributed by atoms with Crippen molar-refractivity contribution in [3.05, 3.63) is 0 Å². The van der Waals surface area contributed by atoms with Crippen LogP contribution < -0.4 is 0 Å². The molecule has 1 N–H and O–H groups in total. The molecule has 0 spiro atoms. The summed E-state index contributed by atoms with van der Waals surface area (Å²) in [5.41, 5.74) is -0.959. The molecule has 5 heteroatoms. The molecule has 0 saturated heterocycles. The molecule has 3 saturated carbocycles. The van der Waals surface area contributed by atoms with Gasteiger partial charge in [-0.2, -0.15) is 8.42 Å². The van der Waals surface area contributed by atoms with Crippen LogP contribution in [0.1, 0.15) is 79.1 Å². The smallest absolute Gasteiger partial charge is 0.267 e. The van der Waals surface area contributed by atoms with E-state index in [4.69, 9.17) is 4.18 Å². The lowest BCUT2D eigenvalue weighted by molar-refractivity contribution is -0.237. The van der Waals surface area contributed by atoms with Gasteiger partial charge < -0.3 is 5.11 Å². The van der Waals surface area contributed by atoms with Gasteiger partial charge in [-0.1, -0.05) is 52.9 Å². The molecule has 0 aromatic heterocycles. The molecule has 23 heavy (non-hydrogen) atoms. The maximum atomic E-state index is 12.2. The summed E-state index contributed by atoms with van der Waals surface area (Å²) in [4.78, 5) is 0. The minimum absolute atomic E-state index is 0.0738. The van der Waals surface area contributed by atoms with E-state index in [1.807, 2.05) is 0 Å². The molecule has 3 aliphatic carbocycles. The van der Waals surface area contributed by atoms with Crippen LogP contribution in [-0.2, 0) is 14.3 Å². The Morgan fingerprint density at radius 2 is 1.65 bits per heavy atom. The number of rotatable bonds is 9. The predicted octanol–water partition coefficient (Wildman–Crippen LogP) is 3.88. The lowest BCUT2D eigenvalue weighted by Gasteiger charge is -2.64. The largest absolute Gasteiger partial charge is 0.387 e. The van der Waals surface area contributed by atoms with E-state index in [1.54, 1.807) is 6.92 Å². The standard InChI is InChI=1S/C18H34O4S/c1-5-6-7-8-9-10-11-23(20,21)22-16-13-14-12-15(17(14,2)3)18(16,4)19/h14-16,19H,5-13H2,1-4H3/t14-,15-,16?,18?/m1/s1. The van der Waals surface area contributed by atoms with Crippen LogP contribution in [0.5, 0.6) is 0 Å². The monoisotopic (exact) mass is 346 g/mol. The molecule has 2 unspecified atom stereocenters. The van der Waals surface area contributed by atoms with Gasteiger partial charge in [0.15, 0.2) is 0 Å². The Morgan fingerprint density at radius 1 is 1.04 bits per heavy atom. The van der Waals surface area contributed by atoms with E-state index in [1.165, 1.54) is 19.3 Å². The van der Waals surface area contributed by atoms with E-state index in [0.717, 1.165) is 19.3 Å². The molecular weight excluding hydrogens is 312 g/mol. The van der Waals surface area contributed by atoms with E-state index in [2.05, 4.69) is 20.8 Å². The summed E-state index contributed by atoms with van der Waals surface area (Å²) in [5, 5.41) is 10.8. The zero-order valence-electron chi connectivity index (χ0n) is 15.2. The van der Waals surface area contributed by atoms with Gasteiger partial charge in [0.05, 0.1) is 11.4 Å². The summed E-state index contributed by atoms with van der Waals surface area (Å²) in [6, 6.07) is 0. The fourth-order valence-corrected chi connectivity index (χ4v) is 5.83. The SMILES string of the molecule is CCCCCCCCS(=O)(=O)OC1C[C@H]2C[C@@H](C1(C)O)C2(C)C. The Kier molecular flexibility index (Phi) is 5.85. The molecule has 0 radical (unpaired) electrons. The maximum absolute atomic E-state index is 12.2. The highest BCUT2D eigenvalue weighted by atomic mass is 32.2. The molecule has 0 aromatic rings. The van der Waals surface area contributed by atoms with Crippen molar-refractivity contribution in [3.8, 4) is 0 Å². The first-order valence-corrected chi connectivity index (χ1v) is 10.8. The quantitative estimate of drug-likeness (QED) is 0.508. The van der Waals surface area contributed by atoms with Gasteiger partial charge in [-0.15, -0.1) is 0 Å². The topological polar surface area (TPSA) is 63.6 Å². The van der Waals surface area contributed by atoms with Crippen LogP contribution >= 0.6 is 0 Å². The third kappa shape index (κ3) is 4.10. The summed E-state index contributed by atoms with van der Waals surface area (Å²) >= 11 is 0. The molecule has 3 aliphatic rings. The van der Waals surface area contributed by atoms with Gasteiger partial charge in [0, 0.05) is 0 Å². The van der Waals surface area contributed by atoms with Crippen LogP contribution in [0.2, 0.25) is 0 Å². The number of hydrogen-bond acceptors (Lipinski definition) is 4. The Labute approximate surface area is 142 Å². The van der Waals surface area contributed by atoms with Crippen molar-refractivity contribution in [1.29, 1.82) is 0 Å². The molecule has 0 aliphatic heterocycles. The van der Waals surface area contributed by atoms with Gasteiger partial charge in [-0.05, 0) is 43.4 Å². The number of fused-ring (bicyclic) bond motifs is 2. The Morgan fingerprint density at radius 3 is 2.22 bits per heavy atom. The van der Waals surface area contributed by atoms with E-state index >= 15 is 0 Å². The zero-order valence-corrected chi connectivity index (χ0v) is 16.0. The van der Waals surface area contributed by atoms with Gasteiger partial charge in [0.25, 0.3) is 10.1 Å². The molecule has 0 heterocycles. The normalized spacial score (nSPS) is 35.8. The molecule has 136 valence electrons. The second-order valence-corrected chi connectivity index (χ2v) is 10.1. The van der Waals surface area contributed by atoms with Crippen molar-refractivity contribution in [2.45, 2.75) is 90.8 Å². The lowest BCUT2D eigenvalue weighted by Crippen LogP contribution is -2.67. The predicted molar refractivity (Wildman–Crippen MR) is 92.7 cm³/mol. The molecule has 4 atom stereocenters. The molecule has 0 amide bonds.